The van der Waals surface area contributed by atoms with Crippen molar-refractivity contribution in [2.75, 3.05) is 26.7 Å². The molecule has 1 amide bonds. The number of hydrogen-bond acceptors (Lipinski definition) is 4. The van der Waals surface area contributed by atoms with Crippen molar-refractivity contribution >= 4 is 5.91 Å². The predicted octanol–water partition coefficient (Wildman–Crippen LogP) is 5.54. The van der Waals surface area contributed by atoms with Crippen LogP contribution in [0.3, 0.4) is 0 Å². The molecule has 0 radical (unpaired) electrons. The van der Waals surface area contributed by atoms with Gasteiger partial charge < -0.3 is 14.4 Å². The lowest BCUT2D eigenvalue weighted by Gasteiger charge is -2.39. The van der Waals surface area contributed by atoms with Gasteiger partial charge in [0.1, 0.15) is 5.75 Å². The molecule has 1 saturated heterocycles. The normalized spacial score (nSPS) is 15.9. The van der Waals surface area contributed by atoms with Gasteiger partial charge in [-0.3, -0.25) is 9.69 Å². The summed E-state index contributed by atoms with van der Waals surface area (Å²) in [6.45, 7) is 5.59. The number of likely N-dealkylation sites (tertiary alicyclic amines) is 1. The molecule has 4 rings (SSSR count). The molecule has 5 heteroatoms. The minimum absolute atomic E-state index is 0.221. The monoisotopic (exact) mass is 458 g/mol. The van der Waals surface area contributed by atoms with Crippen LogP contribution in [0.15, 0.2) is 78.9 Å². The van der Waals surface area contributed by atoms with Crippen LogP contribution in [0.5, 0.6) is 17.2 Å². The summed E-state index contributed by atoms with van der Waals surface area (Å²) >= 11 is 0. The highest BCUT2D eigenvalue weighted by Gasteiger charge is 2.27. The molecule has 1 atom stereocenters. The van der Waals surface area contributed by atoms with E-state index >= 15 is 0 Å². The molecule has 34 heavy (non-hydrogen) atoms. The lowest BCUT2D eigenvalue weighted by Crippen LogP contribution is -2.49. The average Bonchev–Trinajstić information content (AvgIpc) is 2.88. The van der Waals surface area contributed by atoms with E-state index in [4.69, 9.17) is 9.47 Å². The Balaban J connectivity index is 1.39. The highest BCUT2D eigenvalue weighted by molar-refractivity contribution is 5.78. The van der Waals surface area contributed by atoms with E-state index in [0.717, 1.165) is 50.3 Å². The Bertz CT molecular complexity index is 1070. The molecule has 0 bridgehead atoms. The van der Waals surface area contributed by atoms with E-state index in [1.165, 1.54) is 5.56 Å². The van der Waals surface area contributed by atoms with E-state index in [1.807, 2.05) is 71.6 Å². The van der Waals surface area contributed by atoms with Gasteiger partial charge in [0.25, 0.3) is 0 Å². The third-order valence-electron chi connectivity index (χ3n) is 6.45. The molecule has 0 aliphatic carbocycles. The van der Waals surface area contributed by atoms with Crippen molar-refractivity contribution in [2.45, 2.75) is 38.8 Å². The Morgan fingerprint density at radius 3 is 2.47 bits per heavy atom. The van der Waals surface area contributed by atoms with Crippen molar-refractivity contribution < 1.29 is 14.3 Å². The summed E-state index contributed by atoms with van der Waals surface area (Å²) in [7, 11) is 1.65. The third-order valence-corrected chi connectivity index (χ3v) is 6.45. The fourth-order valence-electron chi connectivity index (χ4n) is 4.63. The van der Waals surface area contributed by atoms with Crippen molar-refractivity contribution in [2.24, 2.45) is 0 Å². The van der Waals surface area contributed by atoms with Gasteiger partial charge in [-0.15, -0.1) is 0 Å². The quantitative estimate of drug-likeness (QED) is 0.422. The van der Waals surface area contributed by atoms with Crippen molar-refractivity contribution in [3.63, 3.8) is 0 Å². The van der Waals surface area contributed by atoms with Crippen LogP contribution < -0.4 is 9.47 Å². The van der Waals surface area contributed by atoms with Crippen molar-refractivity contribution in [3.05, 3.63) is 90.0 Å². The number of para-hydroxylation sites is 2. The van der Waals surface area contributed by atoms with Gasteiger partial charge in [-0.25, -0.2) is 0 Å². The Morgan fingerprint density at radius 2 is 1.71 bits per heavy atom. The zero-order valence-electron chi connectivity index (χ0n) is 20.2. The maximum atomic E-state index is 12.9. The number of nitrogens with zero attached hydrogens (tertiary/aromatic N) is 2. The molecule has 1 fully saturated rings. The molecule has 1 aliphatic rings. The van der Waals surface area contributed by atoms with E-state index in [2.05, 4.69) is 24.0 Å². The Hall–Kier alpha value is -3.31. The van der Waals surface area contributed by atoms with Gasteiger partial charge in [0.2, 0.25) is 5.91 Å². The minimum Gasteiger partial charge on any atom is -0.493 e. The van der Waals surface area contributed by atoms with Crippen molar-refractivity contribution in [3.8, 4) is 17.2 Å². The fourth-order valence-corrected chi connectivity index (χ4v) is 4.63. The van der Waals surface area contributed by atoms with Crippen molar-refractivity contribution in [1.29, 1.82) is 0 Å². The van der Waals surface area contributed by atoms with Crippen LogP contribution in [0.4, 0.5) is 0 Å². The number of amides is 1. The van der Waals surface area contributed by atoms with Gasteiger partial charge in [0.15, 0.2) is 11.5 Å². The number of likely N-dealkylation sites (N-methyl/N-ethyl adjacent to an activating group) is 1. The fraction of sp³-hybridized carbons (Fsp3) is 0.345. The summed E-state index contributed by atoms with van der Waals surface area (Å²) in [5.41, 5.74) is 2.27. The van der Waals surface area contributed by atoms with Gasteiger partial charge in [0, 0.05) is 25.7 Å². The van der Waals surface area contributed by atoms with Crippen LogP contribution in [0.2, 0.25) is 0 Å². The van der Waals surface area contributed by atoms with Gasteiger partial charge in [-0.05, 0) is 54.8 Å². The number of hydrogen-bond donors (Lipinski definition) is 0. The minimum atomic E-state index is 0.221. The van der Waals surface area contributed by atoms with Crippen LogP contribution in [-0.4, -0.2) is 48.5 Å². The molecule has 5 nitrogen and oxygen atoms in total. The highest BCUT2D eigenvalue weighted by Crippen LogP contribution is 2.31. The number of piperidine rings is 1. The molecule has 0 spiro atoms. The number of methoxy groups -OCH3 is 1. The molecule has 3 aromatic carbocycles. The molecule has 3 aromatic rings. The lowest BCUT2D eigenvalue weighted by molar-refractivity contribution is -0.132. The molecular formula is C29H34N2O3. The predicted molar refractivity (Wildman–Crippen MR) is 135 cm³/mol. The first-order chi connectivity index (χ1) is 16.7. The Morgan fingerprint density at radius 1 is 0.971 bits per heavy atom. The largest absolute Gasteiger partial charge is 0.493 e. The molecule has 0 saturated carbocycles. The molecule has 0 aromatic heterocycles. The number of carbonyl (C=O) groups is 1. The summed E-state index contributed by atoms with van der Waals surface area (Å²) in [5.74, 6) is 2.43. The lowest BCUT2D eigenvalue weighted by atomic mass is 10.0. The van der Waals surface area contributed by atoms with Crippen LogP contribution >= 0.6 is 0 Å². The zero-order valence-corrected chi connectivity index (χ0v) is 20.2. The maximum absolute atomic E-state index is 12.9. The van der Waals surface area contributed by atoms with Crippen LogP contribution in [0.25, 0.3) is 0 Å². The molecule has 1 heterocycles. The van der Waals surface area contributed by atoms with Gasteiger partial charge >= 0.3 is 0 Å². The van der Waals surface area contributed by atoms with E-state index in [-0.39, 0.29) is 5.91 Å². The van der Waals surface area contributed by atoms with Crippen molar-refractivity contribution in [1.82, 2.24) is 9.80 Å². The topological polar surface area (TPSA) is 42.0 Å². The first-order valence-electron chi connectivity index (χ1n) is 12.1. The first kappa shape index (κ1) is 23.8. The van der Waals surface area contributed by atoms with Crippen LogP contribution in [0, 0.1) is 0 Å². The van der Waals surface area contributed by atoms with E-state index < -0.39 is 0 Å². The number of benzene rings is 3. The second-order valence-corrected chi connectivity index (χ2v) is 8.76. The Labute approximate surface area is 202 Å². The zero-order chi connectivity index (χ0) is 23.8. The molecule has 1 unspecified atom stereocenters. The van der Waals surface area contributed by atoms with E-state index in [1.54, 1.807) is 7.11 Å². The van der Waals surface area contributed by atoms with E-state index in [0.29, 0.717) is 24.0 Å². The summed E-state index contributed by atoms with van der Waals surface area (Å²) < 4.78 is 11.5. The molecule has 0 N–H and O–H groups in total. The molecular weight excluding hydrogens is 424 g/mol. The standard InChI is InChI=1S/C29H34N2O3/c1-3-30(25-14-10-18-31(22-25)29(32)20-23-11-5-4-6-12-23)21-24-13-9-15-26(19-24)34-28-17-8-7-16-27(28)33-2/h4-9,11-13,15-17,19,25H,3,10,14,18,20-22H2,1-2H3. The SMILES string of the molecule is CCN(Cc1cccc(Oc2ccccc2OC)c1)C1CCCN(C(=O)Cc2ccccc2)C1. The maximum Gasteiger partial charge on any atom is 0.227 e. The van der Waals surface area contributed by atoms with Crippen LogP contribution in [0.1, 0.15) is 30.9 Å². The smallest absolute Gasteiger partial charge is 0.227 e. The van der Waals surface area contributed by atoms with Crippen LogP contribution in [-0.2, 0) is 17.8 Å². The summed E-state index contributed by atoms with van der Waals surface area (Å²) in [6.07, 6.45) is 2.63. The third kappa shape index (κ3) is 6.17. The molecule has 178 valence electrons. The molecule has 1 aliphatic heterocycles. The van der Waals surface area contributed by atoms with Gasteiger partial charge in [0.05, 0.1) is 13.5 Å². The number of rotatable bonds is 9. The highest BCUT2D eigenvalue weighted by atomic mass is 16.5. The average molecular weight is 459 g/mol. The summed E-state index contributed by atoms with van der Waals surface area (Å²) in [6, 6.07) is 26.3. The summed E-state index contributed by atoms with van der Waals surface area (Å²) in [5, 5.41) is 0. The van der Waals surface area contributed by atoms with Gasteiger partial charge in [-0.1, -0.05) is 61.5 Å². The Kier molecular flexibility index (Phi) is 8.21. The first-order valence-corrected chi connectivity index (χ1v) is 12.1. The number of ether oxygens (including phenoxy) is 2. The summed E-state index contributed by atoms with van der Waals surface area (Å²) in [4.78, 5) is 17.5. The second-order valence-electron chi connectivity index (χ2n) is 8.76. The number of carbonyl (C=O) groups excluding carboxylic acids is 1. The second kappa shape index (κ2) is 11.7. The van der Waals surface area contributed by atoms with Gasteiger partial charge in [-0.2, -0.15) is 0 Å². The van der Waals surface area contributed by atoms with E-state index in [9.17, 15) is 4.79 Å².